The molecule has 0 radical (unpaired) electrons. The van der Waals surface area contributed by atoms with Crippen LogP contribution in [-0.2, 0) is 6.42 Å². The zero-order valence-corrected chi connectivity index (χ0v) is 8.49. The lowest BCUT2D eigenvalue weighted by atomic mass is 10.0. The first-order chi connectivity index (χ1) is 7.66. The van der Waals surface area contributed by atoms with Crippen molar-refractivity contribution in [3.63, 3.8) is 0 Å². The van der Waals surface area contributed by atoms with Crippen LogP contribution in [0.2, 0.25) is 0 Å². The Kier molecular flexibility index (Phi) is 3.01. The van der Waals surface area contributed by atoms with Gasteiger partial charge in [-0.05, 0) is 35.7 Å². The highest BCUT2D eigenvalue weighted by atomic mass is 19.2. The number of furan rings is 1. The minimum atomic E-state index is -0.875. The Morgan fingerprint density at radius 3 is 2.62 bits per heavy atom. The van der Waals surface area contributed by atoms with Crippen LogP contribution in [-0.4, -0.2) is 0 Å². The van der Waals surface area contributed by atoms with Gasteiger partial charge in [-0.1, -0.05) is 6.07 Å². The van der Waals surface area contributed by atoms with Crippen molar-refractivity contribution in [2.45, 2.75) is 12.5 Å². The Hall–Kier alpha value is -1.68. The second-order valence-electron chi connectivity index (χ2n) is 3.62. The van der Waals surface area contributed by atoms with Gasteiger partial charge in [0.1, 0.15) is 0 Å². The summed E-state index contributed by atoms with van der Waals surface area (Å²) in [5, 5.41) is 0. The first kappa shape index (κ1) is 10.8. The molecule has 1 atom stereocenters. The van der Waals surface area contributed by atoms with E-state index in [1.54, 1.807) is 18.6 Å². The van der Waals surface area contributed by atoms with Crippen molar-refractivity contribution in [3.8, 4) is 0 Å². The summed E-state index contributed by atoms with van der Waals surface area (Å²) in [6.07, 6.45) is 3.66. The maximum absolute atomic E-state index is 13.0. The van der Waals surface area contributed by atoms with Gasteiger partial charge >= 0.3 is 0 Å². The van der Waals surface area contributed by atoms with Crippen molar-refractivity contribution < 1.29 is 13.2 Å². The highest BCUT2D eigenvalue weighted by Crippen LogP contribution is 2.18. The van der Waals surface area contributed by atoms with E-state index in [9.17, 15) is 8.78 Å². The molecular formula is C12H11F2NO. The molecule has 2 N–H and O–H groups in total. The molecular weight excluding hydrogens is 212 g/mol. The summed E-state index contributed by atoms with van der Waals surface area (Å²) in [6.45, 7) is 0. The average molecular weight is 223 g/mol. The van der Waals surface area contributed by atoms with E-state index in [1.807, 2.05) is 0 Å². The minimum Gasteiger partial charge on any atom is -0.472 e. The molecule has 1 aromatic heterocycles. The summed E-state index contributed by atoms with van der Waals surface area (Å²) in [7, 11) is 0. The fourth-order valence-corrected chi connectivity index (χ4v) is 1.52. The van der Waals surface area contributed by atoms with Crippen LogP contribution in [0.25, 0.3) is 0 Å². The first-order valence-corrected chi connectivity index (χ1v) is 4.88. The van der Waals surface area contributed by atoms with Gasteiger partial charge in [-0.15, -0.1) is 0 Å². The number of halogens is 2. The van der Waals surface area contributed by atoms with Crippen LogP contribution in [0.4, 0.5) is 8.78 Å². The van der Waals surface area contributed by atoms with E-state index >= 15 is 0 Å². The normalized spacial score (nSPS) is 12.7. The Morgan fingerprint density at radius 2 is 2.00 bits per heavy atom. The number of rotatable bonds is 3. The van der Waals surface area contributed by atoms with Gasteiger partial charge < -0.3 is 10.2 Å². The molecule has 1 unspecified atom stereocenters. The second-order valence-corrected chi connectivity index (χ2v) is 3.62. The summed E-state index contributed by atoms with van der Waals surface area (Å²) < 4.78 is 30.6. The maximum Gasteiger partial charge on any atom is 0.159 e. The van der Waals surface area contributed by atoms with Crippen LogP contribution in [0.15, 0.2) is 41.2 Å². The van der Waals surface area contributed by atoms with Gasteiger partial charge in [-0.25, -0.2) is 8.78 Å². The van der Waals surface area contributed by atoms with Gasteiger partial charge in [-0.2, -0.15) is 0 Å². The Bertz CT molecular complexity index is 468. The van der Waals surface area contributed by atoms with Crippen molar-refractivity contribution in [1.82, 2.24) is 0 Å². The van der Waals surface area contributed by atoms with Gasteiger partial charge in [0.15, 0.2) is 11.6 Å². The fourth-order valence-electron chi connectivity index (χ4n) is 1.52. The van der Waals surface area contributed by atoms with Crippen molar-refractivity contribution >= 4 is 0 Å². The molecule has 0 bridgehead atoms. The first-order valence-electron chi connectivity index (χ1n) is 4.88. The van der Waals surface area contributed by atoms with Gasteiger partial charge in [0.2, 0.25) is 0 Å². The number of nitrogens with two attached hydrogens (primary N) is 1. The molecule has 0 saturated carbocycles. The quantitative estimate of drug-likeness (QED) is 0.868. The molecule has 4 heteroatoms. The number of hydrogen-bond acceptors (Lipinski definition) is 2. The van der Waals surface area contributed by atoms with Crippen molar-refractivity contribution in [3.05, 3.63) is 59.6 Å². The third-order valence-corrected chi connectivity index (χ3v) is 2.41. The zero-order valence-electron chi connectivity index (χ0n) is 8.49. The van der Waals surface area contributed by atoms with E-state index in [-0.39, 0.29) is 6.04 Å². The van der Waals surface area contributed by atoms with E-state index in [1.165, 1.54) is 6.07 Å². The number of hydrogen-bond donors (Lipinski definition) is 1. The summed E-state index contributed by atoms with van der Waals surface area (Å²) in [5.74, 6) is -1.74. The van der Waals surface area contributed by atoms with Crippen LogP contribution >= 0.6 is 0 Å². The molecule has 0 fully saturated rings. The average Bonchev–Trinajstić information content (AvgIpc) is 2.74. The van der Waals surface area contributed by atoms with E-state index < -0.39 is 11.6 Å². The van der Waals surface area contributed by atoms with Gasteiger partial charge in [-0.3, -0.25) is 0 Å². The van der Waals surface area contributed by atoms with E-state index in [0.717, 1.165) is 17.7 Å². The lowest BCUT2D eigenvalue weighted by molar-refractivity contribution is 0.505. The van der Waals surface area contributed by atoms with Crippen LogP contribution in [0, 0.1) is 11.6 Å². The Labute approximate surface area is 91.7 Å². The highest BCUT2D eigenvalue weighted by molar-refractivity contribution is 5.23. The van der Waals surface area contributed by atoms with E-state index in [4.69, 9.17) is 10.2 Å². The summed E-state index contributed by atoms with van der Waals surface area (Å²) in [4.78, 5) is 0. The molecule has 0 spiro atoms. The molecule has 0 amide bonds. The standard InChI is InChI=1S/C12H11F2NO/c13-10-2-1-9(6-11(10)14)12(15)5-8-3-4-16-7-8/h1-4,6-7,12H,5,15H2. The molecule has 0 aliphatic heterocycles. The minimum absolute atomic E-state index is 0.368. The zero-order chi connectivity index (χ0) is 11.5. The third-order valence-electron chi connectivity index (χ3n) is 2.41. The summed E-state index contributed by atoms with van der Waals surface area (Å²) in [6, 6.07) is 5.12. The van der Waals surface area contributed by atoms with Crippen LogP contribution in [0.5, 0.6) is 0 Å². The lowest BCUT2D eigenvalue weighted by Gasteiger charge is -2.10. The molecule has 0 saturated heterocycles. The number of benzene rings is 1. The van der Waals surface area contributed by atoms with Gasteiger partial charge in [0.05, 0.1) is 12.5 Å². The molecule has 0 aliphatic carbocycles. The second kappa shape index (κ2) is 4.45. The molecule has 2 aromatic rings. The van der Waals surface area contributed by atoms with E-state index in [0.29, 0.717) is 12.0 Å². The predicted octanol–water partition coefficient (Wildman–Crippen LogP) is 2.80. The molecule has 1 aromatic carbocycles. The predicted molar refractivity (Wildman–Crippen MR) is 55.7 cm³/mol. The molecule has 16 heavy (non-hydrogen) atoms. The summed E-state index contributed by atoms with van der Waals surface area (Å²) >= 11 is 0. The molecule has 2 nitrogen and oxygen atoms in total. The van der Waals surface area contributed by atoms with Crippen LogP contribution in [0.3, 0.4) is 0 Å². The van der Waals surface area contributed by atoms with Crippen LogP contribution < -0.4 is 5.73 Å². The largest absolute Gasteiger partial charge is 0.472 e. The fraction of sp³-hybridized carbons (Fsp3) is 0.167. The highest BCUT2D eigenvalue weighted by Gasteiger charge is 2.10. The smallest absolute Gasteiger partial charge is 0.159 e. The summed E-state index contributed by atoms with van der Waals surface area (Å²) in [5.41, 5.74) is 7.37. The topological polar surface area (TPSA) is 39.2 Å². The van der Waals surface area contributed by atoms with Gasteiger partial charge in [0, 0.05) is 6.04 Å². The van der Waals surface area contributed by atoms with Crippen molar-refractivity contribution in [2.24, 2.45) is 5.73 Å². The SMILES string of the molecule is NC(Cc1ccoc1)c1ccc(F)c(F)c1. The lowest BCUT2D eigenvalue weighted by Crippen LogP contribution is -2.13. The molecule has 0 aliphatic rings. The van der Waals surface area contributed by atoms with Crippen molar-refractivity contribution in [1.29, 1.82) is 0 Å². The van der Waals surface area contributed by atoms with Gasteiger partial charge in [0.25, 0.3) is 0 Å². The third kappa shape index (κ3) is 2.28. The van der Waals surface area contributed by atoms with Crippen molar-refractivity contribution in [2.75, 3.05) is 0 Å². The monoisotopic (exact) mass is 223 g/mol. The molecule has 1 heterocycles. The maximum atomic E-state index is 13.0. The van der Waals surface area contributed by atoms with E-state index in [2.05, 4.69) is 0 Å². The Morgan fingerprint density at radius 1 is 1.19 bits per heavy atom. The Balaban J connectivity index is 2.14. The molecule has 2 rings (SSSR count). The van der Waals surface area contributed by atoms with Crippen LogP contribution in [0.1, 0.15) is 17.2 Å². The molecule has 84 valence electrons.